The van der Waals surface area contributed by atoms with Gasteiger partial charge in [-0.3, -0.25) is 0 Å². The number of fused-ring (bicyclic) bond motifs is 3. The van der Waals surface area contributed by atoms with Gasteiger partial charge in [0.15, 0.2) is 5.65 Å². The highest BCUT2D eigenvalue weighted by Crippen LogP contribution is 2.38. The Balaban J connectivity index is 1.78. The molecule has 1 aliphatic carbocycles. The number of nitrogens with zero attached hydrogens (tertiary/aromatic N) is 3. The van der Waals surface area contributed by atoms with Crippen LogP contribution >= 0.6 is 11.6 Å². The molecule has 1 aliphatic rings. The molecule has 2 heterocycles. The van der Waals surface area contributed by atoms with Gasteiger partial charge < -0.3 is 0 Å². The zero-order valence-electron chi connectivity index (χ0n) is 17.8. The highest BCUT2D eigenvalue weighted by Gasteiger charge is 2.27. The van der Waals surface area contributed by atoms with Crippen LogP contribution in [0.3, 0.4) is 0 Å². The molecule has 0 radical (unpaired) electrons. The maximum atomic E-state index is 14.1. The van der Waals surface area contributed by atoms with Gasteiger partial charge in [0.1, 0.15) is 5.82 Å². The lowest BCUT2D eigenvalue weighted by atomic mass is 9.82. The summed E-state index contributed by atoms with van der Waals surface area (Å²) in [5, 5.41) is 5.60. The molecule has 158 valence electrons. The predicted molar refractivity (Wildman–Crippen MR) is 124 cm³/mol. The van der Waals surface area contributed by atoms with Crippen LogP contribution in [0.1, 0.15) is 43.1 Å². The molecule has 1 atom stereocenters. The van der Waals surface area contributed by atoms with E-state index in [9.17, 15) is 4.39 Å². The van der Waals surface area contributed by atoms with Crippen molar-refractivity contribution in [2.45, 2.75) is 46.0 Å². The van der Waals surface area contributed by atoms with Crippen LogP contribution in [-0.4, -0.2) is 14.6 Å². The van der Waals surface area contributed by atoms with E-state index in [-0.39, 0.29) is 5.82 Å². The zero-order chi connectivity index (χ0) is 21.5. The van der Waals surface area contributed by atoms with Gasteiger partial charge in [-0.15, -0.1) is 0 Å². The minimum atomic E-state index is -0.239. The smallest absolute Gasteiger partial charge is 0.164 e. The molecule has 0 fully saturated rings. The second kappa shape index (κ2) is 8.08. The highest BCUT2D eigenvalue weighted by atomic mass is 35.5. The summed E-state index contributed by atoms with van der Waals surface area (Å²) in [5.74, 6) is 0.396. The molecular weight excluding hydrogens is 409 g/mol. The van der Waals surface area contributed by atoms with E-state index in [0.29, 0.717) is 10.9 Å². The minimum absolute atomic E-state index is 0.239. The molecule has 31 heavy (non-hydrogen) atoms. The van der Waals surface area contributed by atoms with Gasteiger partial charge in [-0.1, -0.05) is 55.6 Å². The average molecular weight is 434 g/mol. The summed E-state index contributed by atoms with van der Waals surface area (Å²) in [7, 11) is 0. The van der Waals surface area contributed by atoms with Crippen molar-refractivity contribution in [3.05, 3.63) is 76.3 Å². The highest BCUT2D eigenvalue weighted by molar-refractivity contribution is 6.30. The lowest BCUT2D eigenvalue weighted by molar-refractivity contribution is 0.414. The van der Waals surface area contributed by atoms with Gasteiger partial charge in [0.05, 0.1) is 11.4 Å². The van der Waals surface area contributed by atoms with E-state index >= 15 is 0 Å². The summed E-state index contributed by atoms with van der Waals surface area (Å²) in [6.07, 6.45) is 5.45. The number of halogens is 2. The third kappa shape index (κ3) is 3.63. The molecule has 0 saturated heterocycles. The third-order valence-electron chi connectivity index (χ3n) is 6.35. The fraction of sp³-hybridized carbons (Fsp3) is 0.308. The summed E-state index contributed by atoms with van der Waals surface area (Å²) in [6.45, 7) is 4.26. The van der Waals surface area contributed by atoms with Gasteiger partial charge in [0, 0.05) is 27.4 Å². The fourth-order valence-electron chi connectivity index (χ4n) is 4.93. The maximum absolute atomic E-state index is 14.1. The van der Waals surface area contributed by atoms with E-state index in [1.807, 2.05) is 41.8 Å². The normalized spacial score (nSPS) is 15.9. The summed E-state index contributed by atoms with van der Waals surface area (Å²) >= 11 is 6.11. The first-order chi connectivity index (χ1) is 15.0. The minimum Gasteiger partial charge on any atom is -0.228 e. The van der Waals surface area contributed by atoms with E-state index in [1.165, 1.54) is 30.2 Å². The number of benzene rings is 2. The summed E-state index contributed by atoms with van der Waals surface area (Å²) < 4.78 is 16.2. The van der Waals surface area contributed by atoms with Gasteiger partial charge in [-0.05, 0) is 61.9 Å². The van der Waals surface area contributed by atoms with Crippen LogP contribution in [0.5, 0.6) is 0 Å². The standard InChI is InChI=1S/C26H25ClFN3/c1-3-5-17-8-13-23-22(14-17)25(19-6-4-7-21(28)15-19)29-26-24(16(2)30-31(23)26)18-9-11-20(27)12-10-18/h4,6-7,9-12,15,17H,3,5,8,13-14H2,1-2H3. The quantitative estimate of drug-likeness (QED) is 0.344. The Bertz CT molecular complexity index is 1260. The molecular formula is C26H25ClFN3. The summed E-state index contributed by atoms with van der Waals surface area (Å²) in [6, 6.07) is 14.6. The first-order valence-electron chi connectivity index (χ1n) is 11.0. The van der Waals surface area contributed by atoms with Gasteiger partial charge in [0.2, 0.25) is 0 Å². The van der Waals surface area contributed by atoms with E-state index in [0.717, 1.165) is 53.0 Å². The fourth-order valence-corrected chi connectivity index (χ4v) is 5.06. The number of aromatic nitrogens is 3. The Morgan fingerprint density at radius 2 is 1.94 bits per heavy atom. The molecule has 0 saturated carbocycles. The maximum Gasteiger partial charge on any atom is 0.164 e. The van der Waals surface area contributed by atoms with Gasteiger partial charge >= 0.3 is 0 Å². The largest absolute Gasteiger partial charge is 0.228 e. The molecule has 0 aliphatic heterocycles. The molecule has 5 rings (SSSR count). The molecule has 0 N–H and O–H groups in total. The number of hydrogen-bond acceptors (Lipinski definition) is 2. The SMILES string of the molecule is CCCC1CCc2c(c(-c3cccc(F)c3)nc3c(-c4ccc(Cl)cc4)c(C)nn23)C1. The van der Waals surface area contributed by atoms with Gasteiger partial charge in [-0.2, -0.15) is 5.10 Å². The van der Waals surface area contributed by atoms with Gasteiger partial charge in [-0.25, -0.2) is 13.9 Å². The number of hydrogen-bond donors (Lipinski definition) is 0. The van der Waals surface area contributed by atoms with Crippen LogP contribution < -0.4 is 0 Å². The van der Waals surface area contributed by atoms with E-state index in [4.69, 9.17) is 21.7 Å². The van der Waals surface area contributed by atoms with Crippen molar-refractivity contribution in [1.82, 2.24) is 14.6 Å². The van der Waals surface area contributed by atoms with Crippen molar-refractivity contribution in [2.75, 3.05) is 0 Å². The van der Waals surface area contributed by atoms with Crippen molar-refractivity contribution in [1.29, 1.82) is 0 Å². The summed E-state index contributed by atoms with van der Waals surface area (Å²) in [4.78, 5) is 5.11. The average Bonchev–Trinajstić information content (AvgIpc) is 3.10. The second-order valence-corrected chi connectivity index (χ2v) is 8.93. The Morgan fingerprint density at radius 1 is 1.13 bits per heavy atom. The van der Waals surface area contributed by atoms with Gasteiger partial charge in [0.25, 0.3) is 0 Å². The molecule has 2 aromatic heterocycles. The Kier molecular flexibility index (Phi) is 5.27. The molecule has 3 nitrogen and oxygen atoms in total. The topological polar surface area (TPSA) is 30.2 Å². The predicted octanol–water partition coefficient (Wildman–Crippen LogP) is 7.07. The molecule has 4 aromatic rings. The number of aryl methyl sites for hydroxylation is 2. The van der Waals surface area contributed by atoms with E-state index < -0.39 is 0 Å². The van der Waals surface area contributed by atoms with E-state index in [2.05, 4.69) is 6.92 Å². The molecule has 0 bridgehead atoms. The first-order valence-corrected chi connectivity index (χ1v) is 11.4. The lowest BCUT2D eigenvalue weighted by Crippen LogP contribution is -2.20. The third-order valence-corrected chi connectivity index (χ3v) is 6.61. The Morgan fingerprint density at radius 3 is 2.68 bits per heavy atom. The van der Waals surface area contributed by atoms with Crippen molar-refractivity contribution < 1.29 is 4.39 Å². The molecule has 0 spiro atoms. The zero-order valence-corrected chi connectivity index (χ0v) is 18.6. The number of rotatable bonds is 4. The van der Waals surface area contributed by atoms with Crippen LogP contribution in [0.15, 0.2) is 48.5 Å². The second-order valence-electron chi connectivity index (χ2n) is 8.50. The van der Waals surface area contributed by atoms with Crippen molar-refractivity contribution in [3.8, 4) is 22.4 Å². The van der Waals surface area contributed by atoms with Crippen molar-refractivity contribution >= 4 is 17.2 Å². The molecule has 1 unspecified atom stereocenters. The summed E-state index contributed by atoms with van der Waals surface area (Å²) in [5.41, 5.74) is 7.94. The van der Waals surface area contributed by atoms with Crippen molar-refractivity contribution in [2.24, 2.45) is 5.92 Å². The van der Waals surface area contributed by atoms with Crippen molar-refractivity contribution in [3.63, 3.8) is 0 Å². The lowest BCUT2D eigenvalue weighted by Gasteiger charge is -2.26. The van der Waals surface area contributed by atoms with Crippen LogP contribution in [0.4, 0.5) is 4.39 Å². The van der Waals surface area contributed by atoms with Crippen LogP contribution in [0, 0.1) is 18.7 Å². The Hall–Kier alpha value is -2.72. The van der Waals surface area contributed by atoms with Crippen LogP contribution in [0.25, 0.3) is 28.0 Å². The molecule has 5 heteroatoms. The molecule has 0 amide bonds. The molecule has 2 aromatic carbocycles. The van der Waals surface area contributed by atoms with Crippen LogP contribution in [-0.2, 0) is 12.8 Å². The van der Waals surface area contributed by atoms with Crippen LogP contribution in [0.2, 0.25) is 5.02 Å². The van der Waals surface area contributed by atoms with E-state index in [1.54, 1.807) is 12.1 Å². The first kappa shape index (κ1) is 20.2. The monoisotopic (exact) mass is 433 g/mol. The Labute approximate surface area is 186 Å².